The summed E-state index contributed by atoms with van der Waals surface area (Å²) in [5.41, 5.74) is 12.5. The van der Waals surface area contributed by atoms with Crippen LogP contribution in [0.5, 0.6) is 0 Å². The molecule has 1 aliphatic carbocycles. The molecule has 0 radical (unpaired) electrons. The van der Waals surface area contributed by atoms with Crippen LogP contribution in [0.15, 0.2) is 29.6 Å². The number of H-pyrrole nitrogens is 3. The lowest BCUT2D eigenvalue weighted by Crippen LogP contribution is -2.25. The summed E-state index contributed by atoms with van der Waals surface area (Å²) in [6.07, 6.45) is 24.4. The van der Waals surface area contributed by atoms with Crippen LogP contribution in [0.4, 0.5) is 0 Å². The van der Waals surface area contributed by atoms with E-state index in [0.717, 1.165) is 92.5 Å². The fourth-order valence-corrected chi connectivity index (χ4v) is 10.2. The first-order valence-corrected chi connectivity index (χ1v) is 23.8. The van der Waals surface area contributed by atoms with Crippen molar-refractivity contribution in [1.29, 1.82) is 0 Å². The third-order valence-electron chi connectivity index (χ3n) is 14.2. The number of aromatic nitrogens is 3. The maximum absolute atomic E-state index is 14.4. The number of ketones is 1. The Hall–Kier alpha value is -5.05. The second-order valence-corrected chi connectivity index (χ2v) is 19.1. The predicted octanol–water partition coefficient (Wildman–Crippen LogP) is 10.8. The number of nitrogens with one attached hydrogen (secondary N) is 4. The average Bonchev–Trinajstić information content (AvgIpc) is 3.99. The number of Topliss-reactive ketones (excluding diaryl/α,β-unsaturated/α-hetero) is 1. The van der Waals surface area contributed by atoms with Crippen LogP contribution in [0.1, 0.15) is 180 Å². The van der Waals surface area contributed by atoms with E-state index in [1.54, 1.807) is 0 Å². The minimum Gasteiger partial charge on any atom is -0.468 e. The lowest BCUT2D eigenvalue weighted by Gasteiger charge is -2.19. The van der Waals surface area contributed by atoms with Crippen LogP contribution in [0, 0.1) is 50.4 Å². The van der Waals surface area contributed by atoms with Crippen molar-refractivity contribution in [3.05, 3.63) is 96.5 Å². The minimum absolute atomic E-state index is 0.0852. The molecule has 9 nitrogen and oxygen atoms in total. The molecule has 2 aliphatic heterocycles. The van der Waals surface area contributed by atoms with Crippen LogP contribution < -0.4 is 16.0 Å². The van der Waals surface area contributed by atoms with Gasteiger partial charge in [0.25, 0.3) is 0 Å². The van der Waals surface area contributed by atoms with E-state index in [9.17, 15) is 14.4 Å². The first kappa shape index (κ1) is 47.4. The molecule has 4 N–H and O–H groups in total. The quantitative estimate of drug-likeness (QED) is 0.0388. The Kier molecular flexibility index (Phi) is 15.9. The van der Waals surface area contributed by atoms with Gasteiger partial charge in [-0.3, -0.25) is 14.4 Å². The number of hydrogen-bond donors (Lipinski definition) is 4. The highest BCUT2D eigenvalue weighted by atomic mass is 16.5. The number of esters is 2. The molecule has 3 aliphatic rings. The van der Waals surface area contributed by atoms with Crippen molar-refractivity contribution < 1.29 is 23.9 Å². The number of aromatic amines is 3. The summed E-state index contributed by atoms with van der Waals surface area (Å²) in [5.74, 6) is -0.970. The number of hydrogen-bond acceptors (Lipinski definition) is 6. The van der Waals surface area contributed by atoms with Gasteiger partial charge in [0, 0.05) is 74.1 Å². The van der Waals surface area contributed by atoms with Gasteiger partial charge in [0.15, 0.2) is 5.78 Å². The lowest BCUT2D eigenvalue weighted by atomic mass is 9.85. The molecule has 340 valence electrons. The van der Waals surface area contributed by atoms with Gasteiger partial charge in [-0.15, -0.1) is 0 Å². The van der Waals surface area contributed by atoms with E-state index in [2.05, 4.69) is 100 Å². The summed E-state index contributed by atoms with van der Waals surface area (Å²) >= 11 is 0. The third-order valence-corrected chi connectivity index (χ3v) is 14.2. The molecule has 4 atom stereocenters. The van der Waals surface area contributed by atoms with Crippen molar-refractivity contribution >= 4 is 47.6 Å². The van der Waals surface area contributed by atoms with Gasteiger partial charge in [-0.1, -0.05) is 104 Å². The zero-order valence-electron chi connectivity index (χ0n) is 39.9. The van der Waals surface area contributed by atoms with Crippen molar-refractivity contribution in [2.75, 3.05) is 13.7 Å². The number of carbonyl (C=O) groups is 3. The van der Waals surface area contributed by atoms with Crippen molar-refractivity contribution in [1.82, 2.24) is 20.3 Å². The van der Waals surface area contributed by atoms with Gasteiger partial charge in [-0.2, -0.15) is 0 Å². The summed E-state index contributed by atoms with van der Waals surface area (Å²) in [7, 11) is 1.32. The molecule has 3 aromatic rings. The molecular weight excluding hydrogens is 785 g/mol. The van der Waals surface area contributed by atoms with Gasteiger partial charge in [0.2, 0.25) is 0 Å². The summed E-state index contributed by atoms with van der Waals surface area (Å²) in [6, 6.07) is 0. The zero-order chi connectivity index (χ0) is 45.5. The fourth-order valence-electron chi connectivity index (χ4n) is 10.2. The van der Waals surface area contributed by atoms with E-state index in [0.29, 0.717) is 23.3 Å². The first-order valence-electron chi connectivity index (χ1n) is 23.8. The second-order valence-electron chi connectivity index (χ2n) is 19.1. The van der Waals surface area contributed by atoms with E-state index in [1.165, 1.54) is 69.6 Å². The van der Waals surface area contributed by atoms with Gasteiger partial charge in [-0.05, 0) is 112 Å². The monoisotopic (exact) mass is 859 g/mol. The van der Waals surface area contributed by atoms with Crippen LogP contribution in [0.3, 0.4) is 0 Å². The molecule has 1 saturated heterocycles. The highest BCUT2D eigenvalue weighted by Gasteiger charge is 2.48. The van der Waals surface area contributed by atoms with Crippen molar-refractivity contribution in [2.24, 2.45) is 29.6 Å². The molecule has 0 amide bonds. The second kappa shape index (κ2) is 21.1. The summed E-state index contributed by atoms with van der Waals surface area (Å²) in [6.45, 7) is 24.0. The fraction of sp³-hybridized carbons (Fsp3) is 0.537. The molecular formula is C54H74N4O5. The van der Waals surface area contributed by atoms with Crippen molar-refractivity contribution in [3.8, 4) is 0 Å². The number of ether oxygens (including phenoxy) is 2. The first-order chi connectivity index (χ1) is 30.2. The van der Waals surface area contributed by atoms with E-state index in [-0.39, 0.29) is 36.6 Å². The van der Waals surface area contributed by atoms with Gasteiger partial charge in [0.05, 0.1) is 12.8 Å². The molecule has 1 fully saturated rings. The third kappa shape index (κ3) is 10.5. The van der Waals surface area contributed by atoms with Crippen LogP contribution in [-0.4, -0.2) is 46.4 Å². The van der Waals surface area contributed by atoms with Crippen molar-refractivity contribution in [3.63, 3.8) is 0 Å². The highest BCUT2D eigenvalue weighted by Crippen LogP contribution is 2.48. The van der Waals surface area contributed by atoms with Crippen LogP contribution in [0.25, 0.3) is 29.9 Å². The Balaban J connectivity index is 1.21. The number of carbonyl (C=O) groups excluding carboxylic acids is 3. The summed E-state index contributed by atoms with van der Waals surface area (Å²) < 4.78 is 11.1. The molecule has 0 saturated carbocycles. The molecule has 0 unspecified atom stereocenters. The van der Waals surface area contributed by atoms with Crippen LogP contribution >= 0.6 is 0 Å². The molecule has 3 aromatic heterocycles. The van der Waals surface area contributed by atoms with E-state index < -0.39 is 11.9 Å². The van der Waals surface area contributed by atoms with Crippen LogP contribution in [0.2, 0.25) is 0 Å². The molecule has 8 bridgehead atoms. The molecule has 9 heteroatoms. The Bertz CT molecular complexity index is 2410. The minimum atomic E-state index is -1.14. The number of fused-ring (bicyclic) bond motifs is 7. The van der Waals surface area contributed by atoms with E-state index in [1.807, 2.05) is 19.1 Å². The Morgan fingerprint density at radius 2 is 1.54 bits per heavy atom. The number of unbranched alkanes of at least 4 members (excludes halogenated alkanes) is 4. The molecule has 6 rings (SSSR count). The standard InChI is InChI=1S/C54H74N4O5/c1-12-38-34(7)41-28-43-36(9)40(24-25-47(59)63-27-26-33(6)22-18-16-14-15-17-21-32(5)23-19-20-31(3)4)51(57-43)49-50(54(61)62-11)53(60)48-37(10)44(58-52(48)49)30-46-39(13-2)35(8)42(56-46)29-45(38)55-41/h12,26,28-32,36,40,50,55-58H,1,13-25,27H2,2-11H3/b33-26-,42-29-,43-28-,46-30-,51-49-/t32-,36-,40-,50+/m0/s1. The largest absolute Gasteiger partial charge is 0.468 e. The van der Waals surface area contributed by atoms with E-state index >= 15 is 0 Å². The summed E-state index contributed by atoms with van der Waals surface area (Å²) in [5, 5.41) is 5.66. The van der Waals surface area contributed by atoms with Crippen molar-refractivity contribution in [2.45, 2.75) is 146 Å². The molecule has 5 heterocycles. The maximum Gasteiger partial charge on any atom is 0.321 e. The van der Waals surface area contributed by atoms with Gasteiger partial charge in [-0.25, -0.2) is 0 Å². The molecule has 0 spiro atoms. The Morgan fingerprint density at radius 1 is 0.841 bits per heavy atom. The lowest BCUT2D eigenvalue weighted by molar-refractivity contribution is -0.143. The highest BCUT2D eigenvalue weighted by molar-refractivity contribution is 6.24. The van der Waals surface area contributed by atoms with E-state index in [4.69, 9.17) is 9.47 Å². The normalized spacial score (nSPS) is 21.6. The Morgan fingerprint density at radius 3 is 2.25 bits per heavy atom. The number of rotatable bonds is 20. The van der Waals surface area contributed by atoms with Gasteiger partial charge >= 0.3 is 11.9 Å². The number of allylic oxidation sites excluding steroid dienone is 3. The van der Waals surface area contributed by atoms with Crippen LogP contribution in [-0.2, 0) is 25.5 Å². The topological polar surface area (TPSA) is 129 Å². The summed E-state index contributed by atoms with van der Waals surface area (Å²) in [4.78, 5) is 52.3. The maximum atomic E-state index is 14.4. The molecule has 0 aromatic carbocycles. The Labute approximate surface area is 376 Å². The SMILES string of the molecule is C=Cc1c2[nH]c(c1C)/C=C1\N/C(=C3\c4[nH]c(c(C)c4C(=O)[C@@H]3C(=O)OC)/C=c3\[nH]/c(c(C)c3CC)=C\2)[C@@H](CCC(=O)OC/C=C(/C)CCCCCCC[C@H](C)CCCC(C)C)[C@@H]1C. The predicted molar refractivity (Wildman–Crippen MR) is 257 cm³/mol. The number of methoxy groups -OCH3 is 1. The zero-order valence-corrected chi connectivity index (χ0v) is 39.9. The average molecular weight is 859 g/mol. The smallest absolute Gasteiger partial charge is 0.321 e. The molecule has 63 heavy (non-hydrogen) atoms. The van der Waals surface area contributed by atoms with Gasteiger partial charge in [0.1, 0.15) is 12.5 Å². The van der Waals surface area contributed by atoms with Gasteiger partial charge < -0.3 is 29.7 Å².